The minimum atomic E-state index is -0.481. The first-order valence-electron chi connectivity index (χ1n) is 9.32. The molecule has 0 radical (unpaired) electrons. The number of halogens is 1. The Morgan fingerprint density at radius 2 is 1.81 bits per heavy atom. The first-order valence-corrected chi connectivity index (χ1v) is 9.32. The van der Waals surface area contributed by atoms with E-state index in [9.17, 15) is 14.0 Å². The predicted octanol–water partition coefficient (Wildman–Crippen LogP) is 3.61. The molecule has 0 aliphatic heterocycles. The summed E-state index contributed by atoms with van der Waals surface area (Å²) in [6, 6.07) is 15.9. The van der Waals surface area contributed by atoms with Crippen LogP contribution in [0, 0.1) is 12.7 Å². The fourth-order valence-electron chi connectivity index (χ4n) is 2.90. The van der Waals surface area contributed by atoms with Gasteiger partial charge in [0.1, 0.15) is 5.82 Å². The monoisotopic (exact) mass is 416 g/mol. The summed E-state index contributed by atoms with van der Waals surface area (Å²) < 4.78 is 15.0. The van der Waals surface area contributed by atoms with Crippen LogP contribution in [0.15, 0.2) is 73.1 Å². The van der Waals surface area contributed by atoms with Crippen molar-refractivity contribution in [1.29, 1.82) is 0 Å². The highest BCUT2D eigenvalue weighted by Gasteiger charge is 2.18. The zero-order chi connectivity index (χ0) is 21.8. The number of benzene rings is 2. The molecular formula is C22H17FN6O2. The molecule has 2 aromatic carbocycles. The zero-order valence-electron chi connectivity index (χ0n) is 16.4. The Kier molecular flexibility index (Phi) is 5.48. The lowest BCUT2D eigenvalue weighted by Gasteiger charge is -2.08. The minimum absolute atomic E-state index is 0.0281. The molecule has 0 aliphatic rings. The molecule has 0 spiro atoms. The number of amides is 2. The van der Waals surface area contributed by atoms with Gasteiger partial charge in [0.15, 0.2) is 0 Å². The highest BCUT2D eigenvalue weighted by molar-refractivity contribution is 6.05. The SMILES string of the molecule is Cc1ccccc1C(=O)Nc1nc(NC(=O)c2cccnc2)nn1-c1cccc(F)c1. The molecule has 2 N–H and O–H groups in total. The number of carbonyl (C=O) groups is 2. The number of aryl methyl sites for hydroxylation is 1. The molecule has 0 aliphatic carbocycles. The number of carbonyl (C=O) groups excluding carboxylic acids is 2. The van der Waals surface area contributed by atoms with Gasteiger partial charge in [-0.25, -0.2) is 4.39 Å². The summed E-state index contributed by atoms with van der Waals surface area (Å²) in [5.41, 5.74) is 1.88. The van der Waals surface area contributed by atoms with Crippen LogP contribution in [0.5, 0.6) is 0 Å². The highest BCUT2D eigenvalue weighted by Crippen LogP contribution is 2.19. The van der Waals surface area contributed by atoms with Gasteiger partial charge in [-0.05, 0) is 48.9 Å². The fourth-order valence-corrected chi connectivity index (χ4v) is 2.90. The van der Waals surface area contributed by atoms with Crippen LogP contribution in [-0.2, 0) is 0 Å². The second kappa shape index (κ2) is 8.54. The van der Waals surface area contributed by atoms with E-state index in [-0.39, 0.29) is 11.9 Å². The van der Waals surface area contributed by atoms with Gasteiger partial charge in [-0.1, -0.05) is 24.3 Å². The second-order valence-corrected chi connectivity index (χ2v) is 6.62. The molecule has 4 aromatic rings. The van der Waals surface area contributed by atoms with Crippen molar-refractivity contribution in [3.05, 3.63) is 95.6 Å². The molecule has 31 heavy (non-hydrogen) atoms. The van der Waals surface area contributed by atoms with Crippen molar-refractivity contribution >= 4 is 23.7 Å². The van der Waals surface area contributed by atoms with Gasteiger partial charge < -0.3 is 0 Å². The molecule has 0 bridgehead atoms. The molecule has 0 atom stereocenters. The number of aromatic nitrogens is 4. The van der Waals surface area contributed by atoms with E-state index in [0.717, 1.165) is 5.56 Å². The molecular weight excluding hydrogens is 399 g/mol. The molecule has 0 saturated heterocycles. The van der Waals surface area contributed by atoms with Crippen molar-refractivity contribution in [2.24, 2.45) is 0 Å². The Hall–Kier alpha value is -4.40. The topological polar surface area (TPSA) is 102 Å². The largest absolute Gasteiger partial charge is 0.290 e. The van der Waals surface area contributed by atoms with Gasteiger partial charge >= 0.3 is 0 Å². The molecule has 9 heteroatoms. The summed E-state index contributed by atoms with van der Waals surface area (Å²) in [6.07, 6.45) is 2.95. The van der Waals surface area contributed by atoms with Crippen molar-refractivity contribution in [2.75, 3.05) is 10.6 Å². The van der Waals surface area contributed by atoms with Crippen molar-refractivity contribution < 1.29 is 14.0 Å². The van der Waals surface area contributed by atoms with E-state index in [1.807, 2.05) is 19.1 Å². The molecule has 0 fully saturated rings. The zero-order valence-corrected chi connectivity index (χ0v) is 16.4. The van der Waals surface area contributed by atoms with Crippen LogP contribution in [0.3, 0.4) is 0 Å². The third-order valence-corrected chi connectivity index (χ3v) is 4.42. The van der Waals surface area contributed by atoms with Gasteiger partial charge in [0.25, 0.3) is 17.8 Å². The first kappa shape index (κ1) is 19.9. The molecule has 2 heterocycles. The Labute approximate surface area is 176 Å². The lowest BCUT2D eigenvalue weighted by atomic mass is 10.1. The quantitative estimate of drug-likeness (QED) is 0.517. The highest BCUT2D eigenvalue weighted by atomic mass is 19.1. The normalized spacial score (nSPS) is 10.5. The van der Waals surface area contributed by atoms with Gasteiger partial charge in [0.05, 0.1) is 11.3 Å². The van der Waals surface area contributed by atoms with E-state index in [2.05, 4.69) is 25.7 Å². The number of anilines is 2. The number of pyridine rings is 1. The molecule has 154 valence electrons. The van der Waals surface area contributed by atoms with Crippen molar-refractivity contribution in [2.45, 2.75) is 6.92 Å². The molecule has 2 amide bonds. The van der Waals surface area contributed by atoms with E-state index in [1.54, 1.807) is 36.5 Å². The van der Waals surface area contributed by atoms with Crippen LogP contribution in [0.2, 0.25) is 0 Å². The van der Waals surface area contributed by atoms with Gasteiger partial charge in [0, 0.05) is 18.0 Å². The Bertz CT molecular complexity index is 1260. The first-order chi connectivity index (χ1) is 15.0. The van der Waals surface area contributed by atoms with Crippen LogP contribution in [0.25, 0.3) is 5.69 Å². The van der Waals surface area contributed by atoms with Gasteiger partial charge in [-0.3, -0.25) is 25.2 Å². The average molecular weight is 416 g/mol. The number of rotatable bonds is 5. The van der Waals surface area contributed by atoms with Crippen molar-refractivity contribution in [1.82, 2.24) is 19.7 Å². The summed E-state index contributed by atoms with van der Waals surface area (Å²) >= 11 is 0. The maximum absolute atomic E-state index is 13.8. The Balaban J connectivity index is 1.68. The van der Waals surface area contributed by atoms with Gasteiger partial charge in [-0.15, -0.1) is 5.10 Å². The van der Waals surface area contributed by atoms with Crippen molar-refractivity contribution in [3.63, 3.8) is 0 Å². The molecule has 2 aromatic heterocycles. The summed E-state index contributed by atoms with van der Waals surface area (Å²) in [4.78, 5) is 33.3. The Morgan fingerprint density at radius 1 is 0.968 bits per heavy atom. The lowest BCUT2D eigenvalue weighted by molar-refractivity contribution is 0.101. The average Bonchev–Trinajstić information content (AvgIpc) is 3.16. The third kappa shape index (κ3) is 4.45. The smallest absolute Gasteiger partial charge is 0.259 e. The van der Waals surface area contributed by atoms with E-state index in [1.165, 1.54) is 29.1 Å². The number of nitrogens with zero attached hydrogens (tertiary/aromatic N) is 4. The molecule has 4 rings (SSSR count). The van der Waals surface area contributed by atoms with Crippen molar-refractivity contribution in [3.8, 4) is 5.69 Å². The lowest BCUT2D eigenvalue weighted by Crippen LogP contribution is -2.17. The van der Waals surface area contributed by atoms with E-state index < -0.39 is 17.6 Å². The predicted molar refractivity (Wildman–Crippen MR) is 113 cm³/mol. The number of nitrogens with one attached hydrogen (secondary N) is 2. The summed E-state index contributed by atoms with van der Waals surface area (Å²) in [5, 5.41) is 9.47. The molecule has 0 saturated carbocycles. The van der Waals surface area contributed by atoms with E-state index >= 15 is 0 Å². The number of hydrogen-bond acceptors (Lipinski definition) is 5. The minimum Gasteiger partial charge on any atom is -0.290 e. The fraction of sp³-hybridized carbons (Fsp3) is 0.0455. The Morgan fingerprint density at radius 3 is 2.55 bits per heavy atom. The van der Waals surface area contributed by atoms with Crippen LogP contribution in [0.4, 0.5) is 16.3 Å². The van der Waals surface area contributed by atoms with E-state index in [4.69, 9.17) is 0 Å². The van der Waals surface area contributed by atoms with Crippen LogP contribution in [0.1, 0.15) is 26.3 Å². The molecule has 8 nitrogen and oxygen atoms in total. The standard InChI is InChI=1S/C22H17FN6O2/c1-14-6-2-3-10-18(14)20(31)26-22-27-21(25-19(30)15-7-5-11-24-13-15)28-29(22)17-9-4-8-16(23)12-17/h2-13H,1H3,(H2,25,26,27,28,30,31). The van der Waals surface area contributed by atoms with E-state index in [0.29, 0.717) is 16.8 Å². The van der Waals surface area contributed by atoms with Crippen LogP contribution >= 0.6 is 0 Å². The summed E-state index contributed by atoms with van der Waals surface area (Å²) in [5.74, 6) is -1.39. The maximum atomic E-state index is 13.8. The summed E-state index contributed by atoms with van der Waals surface area (Å²) in [7, 11) is 0. The molecule has 0 unspecified atom stereocenters. The summed E-state index contributed by atoms with van der Waals surface area (Å²) in [6.45, 7) is 1.81. The van der Waals surface area contributed by atoms with Crippen LogP contribution in [-0.4, -0.2) is 31.6 Å². The van der Waals surface area contributed by atoms with Gasteiger partial charge in [0.2, 0.25) is 5.95 Å². The number of hydrogen-bond donors (Lipinski definition) is 2. The van der Waals surface area contributed by atoms with Crippen LogP contribution < -0.4 is 10.6 Å². The van der Waals surface area contributed by atoms with Gasteiger partial charge in [-0.2, -0.15) is 9.67 Å². The maximum Gasteiger partial charge on any atom is 0.259 e. The second-order valence-electron chi connectivity index (χ2n) is 6.62. The third-order valence-electron chi connectivity index (χ3n) is 4.42.